The van der Waals surface area contributed by atoms with Gasteiger partial charge in [-0.1, -0.05) is 6.07 Å². The number of rotatable bonds is 4. The van der Waals surface area contributed by atoms with Crippen molar-refractivity contribution in [3.63, 3.8) is 0 Å². The van der Waals surface area contributed by atoms with Crippen molar-refractivity contribution in [2.24, 2.45) is 0 Å². The highest BCUT2D eigenvalue weighted by Crippen LogP contribution is 2.29. The van der Waals surface area contributed by atoms with Gasteiger partial charge in [0.1, 0.15) is 5.75 Å². The van der Waals surface area contributed by atoms with Crippen LogP contribution in [0.2, 0.25) is 0 Å². The summed E-state index contributed by atoms with van der Waals surface area (Å²) in [6, 6.07) is 9.97. The summed E-state index contributed by atoms with van der Waals surface area (Å²) >= 11 is 0. The summed E-state index contributed by atoms with van der Waals surface area (Å²) in [4.78, 5) is 3.99. The van der Waals surface area contributed by atoms with Gasteiger partial charge in [-0.05, 0) is 53.8 Å². The largest absolute Gasteiger partial charge is 0.493 e. The summed E-state index contributed by atoms with van der Waals surface area (Å²) in [7, 11) is 0. The molecule has 0 radical (unpaired) electrons. The summed E-state index contributed by atoms with van der Waals surface area (Å²) in [6.45, 7) is 0.756. The molecule has 0 bridgehead atoms. The molecule has 1 N–H and O–H groups in total. The lowest BCUT2D eigenvalue weighted by molar-refractivity contribution is 0.167. The molecule has 2 heterocycles. The van der Waals surface area contributed by atoms with Crippen molar-refractivity contribution in [1.82, 2.24) is 4.98 Å². The molecule has 1 atom stereocenters. The van der Waals surface area contributed by atoms with E-state index in [0.29, 0.717) is 0 Å². The fraction of sp³-hybridized carbons (Fsp3) is 0.312. The maximum absolute atomic E-state index is 10.3. The summed E-state index contributed by atoms with van der Waals surface area (Å²) in [5.41, 5.74) is 3.40. The number of pyridine rings is 1. The van der Waals surface area contributed by atoms with Crippen molar-refractivity contribution in [2.45, 2.75) is 25.4 Å². The number of aromatic nitrogens is 1. The van der Waals surface area contributed by atoms with E-state index in [1.165, 1.54) is 11.1 Å². The van der Waals surface area contributed by atoms with Crippen LogP contribution in [0.3, 0.4) is 0 Å². The van der Waals surface area contributed by atoms with Crippen LogP contribution in [0.4, 0.5) is 0 Å². The molecule has 98 valence electrons. The van der Waals surface area contributed by atoms with Crippen molar-refractivity contribution in [3.05, 3.63) is 59.4 Å². The second-order valence-electron chi connectivity index (χ2n) is 4.88. The third kappa shape index (κ3) is 2.76. The first-order valence-corrected chi connectivity index (χ1v) is 6.65. The zero-order chi connectivity index (χ0) is 13.1. The highest BCUT2D eigenvalue weighted by Gasteiger charge is 2.15. The van der Waals surface area contributed by atoms with Gasteiger partial charge in [-0.2, -0.15) is 0 Å². The normalized spacial score (nSPS) is 14.8. The van der Waals surface area contributed by atoms with Crippen LogP contribution in [0.15, 0.2) is 42.7 Å². The third-order valence-corrected chi connectivity index (χ3v) is 3.55. The Balaban J connectivity index is 1.65. The van der Waals surface area contributed by atoms with Crippen LogP contribution in [0.25, 0.3) is 0 Å². The molecule has 0 saturated carbocycles. The highest BCUT2D eigenvalue weighted by molar-refractivity contribution is 5.40. The van der Waals surface area contributed by atoms with Crippen molar-refractivity contribution in [1.29, 1.82) is 0 Å². The van der Waals surface area contributed by atoms with E-state index in [-0.39, 0.29) is 0 Å². The summed E-state index contributed by atoms with van der Waals surface area (Å²) in [5.74, 6) is 0.963. The van der Waals surface area contributed by atoms with Gasteiger partial charge in [0.25, 0.3) is 0 Å². The zero-order valence-corrected chi connectivity index (χ0v) is 10.7. The molecule has 0 spiro atoms. The Hall–Kier alpha value is -1.87. The molecular formula is C16H17NO2. The minimum absolute atomic E-state index is 0.418. The molecule has 0 amide bonds. The molecule has 0 saturated heterocycles. The molecular weight excluding hydrogens is 238 g/mol. The number of hydrogen-bond donors (Lipinski definition) is 1. The smallest absolute Gasteiger partial charge is 0.122 e. The van der Waals surface area contributed by atoms with Gasteiger partial charge >= 0.3 is 0 Å². The molecule has 1 unspecified atom stereocenters. The van der Waals surface area contributed by atoms with Gasteiger partial charge in [-0.3, -0.25) is 4.98 Å². The van der Waals surface area contributed by atoms with Gasteiger partial charge in [0.15, 0.2) is 0 Å². The first kappa shape index (κ1) is 12.2. The van der Waals surface area contributed by atoms with E-state index >= 15 is 0 Å². The molecule has 0 fully saturated rings. The predicted octanol–water partition coefficient (Wildman–Crippen LogP) is 2.68. The van der Waals surface area contributed by atoms with E-state index in [0.717, 1.165) is 37.2 Å². The van der Waals surface area contributed by atoms with Crippen LogP contribution in [0.5, 0.6) is 5.75 Å². The van der Waals surface area contributed by atoms with Crippen LogP contribution in [0.1, 0.15) is 29.2 Å². The van der Waals surface area contributed by atoms with Crippen molar-refractivity contribution in [3.8, 4) is 5.75 Å². The summed E-state index contributed by atoms with van der Waals surface area (Å²) in [5, 5.41) is 10.3. The molecule has 3 nitrogen and oxygen atoms in total. The monoisotopic (exact) mass is 255 g/mol. The van der Waals surface area contributed by atoms with Gasteiger partial charge in [-0.15, -0.1) is 0 Å². The summed E-state index contributed by atoms with van der Waals surface area (Å²) < 4.78 is 5.47. The van der Waals surface area contributed by atoms with Crippen molar-refractivity contribution >= 4 is 0 Å². The van der Waals surface area contributed by atoms with Crippen LogP contribution >= 0.6 is 0 Å². The second kappa shape index (κ2) is 5.41. The number of hydrogen-bond acceptors (Lipinski definition) is 3. The lowest BCUT2D eigenvalue weighted by Crippen LogP contribution is -2.00. The van der Waals surface area contributed by atoms with E-state index in [2.05, 4.69) is 11.1 Å². The minimum Gasteiger partial charge on any atom is -0.493 e. The van der Waals surface area contributed by atoms with E-state index in [9.17, 15) is 5.11 Å². The maximum atomic E-state index is 10.3. The van der Waals surface area contributed by atoms with Crippen molar-refractivity contribution in [2.75, 3.05) is 6.61 Å². The van der Waals surface area contributed by atoms with Crippen molar-refractivity contribution < 1.29 is 9.84 Å². The van der Waals surface area contributed by atoms with Crippen LogP contribution in [-0.2, 0) is 12.8 Å². The Kier molecular flexibility index (Phi) is 3.47. The molecule has 1 aromatic carbocycles. The molecule has 3 rings (SSSR count). The second-order valence-corrected chi connectivity index (χ2v) is 4.88. The average molecular weight is 255 g/mol. The van der Waals surface area contributed by atoms with E-state index < -0.39 is 6.10 Å². The first-order chi connectivity index (χ1) is 9.33. The topological polar surface area (TPSA) is 42.4 Å². The van der Waals surface area contributed by atoms with Gasteiger partial charge in [0.05, 0.1) is 12.7 Å². The summed E-state index contributed by atoms with van der Waals surface area (Å²) in [6.07, 6.45) is 5.68. The lowest BCUT2D eigenvalue weighted by atomic mass is 9.99. The molecule has 1 aliphatic heterocycles. The van der Waals surface area contributed by atoms with Gasteiger partial charge in [0.2, 0.25) is 0 Å². The quantitative estimate of drug-likeness (QED) is 0.913. The third-order valence-electron chi connectivity index (χ3n) is 3.55. The fourth-order valence-corrected chi connectivity index (χ4v) is 2.43. The number of fused-ring (bicyclic) bond motifs is 1. The van der Waals surface area contributed by atoms with E-state index in [1.54, 1.807) is 12.4 Å². The van der Waals surface area contributed by atoms with Gasteiger partial charge in [0, 0.05) is 18.8 Å². The minimum atomic E-state index is -0.418. The van der Waals surface area contributed by atoms with Crippen LogP contribution in [-0.4, -0.2) is 16.7 Å². The van der Waals surface area contributed by atoms with Crippen LogP contribution in [0, 0.1) is 0 Å². The van der Waals surface area contributed by atoms with E-state index in [1.807, 2.05) is 24.3 Å². The first-order valence-electron chi connectivity index (χ1n) is 6.65. The number of aryl methyl sites for hydroxylation is 1. The molecule has 0 aliphatic carbocycles. The number of aliphatic hydroxyl groups excluding tert-OH is 1. The van der Waals surface area contributed by atoms with E-state index in [4.69, 9.17) is 4.74 Å². The maximum Gasteiger partial charge on any atom is 0.122 e. The number of nitrogens with zero attached hydrogens (tertiary/aromatic N) is 1. The standard InChI is InChI=1S/C16H17NO2/c18-15(3-1-12-5-8-17-9-6-12)13-2-4-16-14(11-13)7-10-19-16/h2,4-6,8-9,11,15,18H,1,3,7,10H2. The predicted molar refractivity (Wildman–Crippen MR) is 73.2 cm³/mol. The molecule has 19 heavy (non-hydrogen) atoms. The number of aliphatic hydroxyl groups is 1. The molecule has 3 heteroatoms. The number of ether oxygens (including phenoxy) is 1. The molecule has 2 aromatic rings. The Bertz CT molecular complexity index is 554. The Morgan fingerprint density at radius 3 is 2.89 bits per heavy atom. The molecule has 1 aliphatic rings. The fourth-order valence-electron chi connectivity index (χ4n) is 2.43. The van der Waals surface area contributed by atoms with Crippen LogP contribution < -0.4 is 4.74 Å². The Morgan fingerprint density at radius 2 is 2.05 bits per heavy atom. The molecule has 1 aromatic heterocycles. The zero-order valence-electron chi connectivity index (χ0n) is 10.7. The SMILES string of the molecule is OC(CCc1ccncc1)c1ccc2c(c1)CCO2. The Labute approximate surface area is 112 Å². The van der Waals surface area contributed by atoms with Gasteiger partial charge in [-0.25, -0.2) is 0 Å². The Morgan fingerprint density at radius 1 is 1.21 bits per heavy atom. The number of benzene rings is 1. The lowest BCUT2D eigenvalue weighted by Gasteiger charge is -2.12. The average Bonchev–Trinajstić information content (AvgIpc) is 2.93. The van der Waals surface area contributed by atoms with Gasteiger partial charge < -0.3 is 9.84 Å². The highest BCUT2D eigenvalue weighted by atomic mass is 16.5.